The van der Waals surface area contributed by atoms with Crippen molar-refractivity contribution in [2.45, 2.75) is 71.7 Å². The van der Waals surface area contributed by atoms with Crippen molar-refractivity contribution in [3.63, 3.8) is 0 Å². The number of aromatic amines is 1. The van der Waals surface area contributed by atoms with Crippen LogP contribution in [0, 0.1) is 29.1 Å². The molecule has 238 valence electrons. The first-order chi connectivity index (χ1) is 21.5. The SMILES string of the molecule is C=C1ON(Cc2cccc(-c3cccc(C(=O)NCCc4cnc[nH]4)c3)c2)[C@H](C(=O)N[C@H]2C[C@H]3C[C@@H]([C@@H]2C)C3(C)C)[C@@H]1[C@H](C)O. The number of H-pyrrole nitrogens is 1. The Bertz CT molecular complexity index is 1550. The fourth-order valence-electron chi connectivity index (χ4n) is 7.89. The number of nitrogens with one attached hydrogen (secondary N) is 3. The molecule has 9 heteroatoms. The second-order valence-corrected chi connectivity index (χ2v) is 13.8. The van der Waals surface area contributed by atoms with Gasteiger partial charge in [-0.05, 0) is 77.8 Å². The monoisotopic (exact) mass is 611 g/mol. The molecule has 7 atom stereocenters. The Morgan fingerprint density at radius 1 is 1.18 bits per heavy atom. The van der Waals surface area contributed by atoms with Crippen LogP contribution < -0.4 is 10.6 Å². The minimum atomic E-state index is -0.797. The van der Waals surface area contributed by atoms with Gasteiger partial charge in [-0.25, -0.2) is 4.98 Å². The smallest absolute Gasteiger partial charge is 0.251 e. The number of benzene rings is 2. The molecule has 4 fully saturated rings. The van der Waals surface area contributed by atoms with Crippen LogP contribution in [-0.4, -0.2) is 56.7 Å². The third-order valence-electron chi connectivity index (χ3n) is 10.7. The average molecular weight is 612 g/mol. The van der Waals surface area contributed by atoms with E-state index in [1.807, 2.05) is 42.5 Å². The van der Waals surface area contributed by atoms with Gasteiger partial charge in [-0.1, -0.05) is 57.7 Å². The third kappa shape index (κ3) is 6.16. The number of fused-ring (bicyclic) bond motifs is 2. The maximum absolute atomic E-state index is 13.9. The Labute approximate surface area is 265 Å². The fraction of sp³-hybridized carbons (Fsp3) is 0.472. The summed E-state index contributed by atoms with van der Waals surface area (Å²) in [5.41, 5.74) is 4.67. The van der Waals surface area contributed by atoms with Crippen molar-refractivity contribution in [2.24, 2.45) is 29.1 Å². The zero-order valence-electron chi connectivity index (χ0n) is 26.6. The van der Waals surface area contributed by atoms with E-state index >= 15 is 0 Å². The first-order valence-corrected chi connectivity index (χ1v) is 16.1. The molecular formula is C36H45N5O4. The minimum absolute atomic E-state index is 0.109. The molecule has 0 radical (unpaired) electrons. The van der Waals surface area contributed by atoms with Gasteiger partial charge in [0.25, 0.3) is 5.91 Å². The van der Waals surface area contributed by atoms with Gasteiger partial charge in [0.2, 0.25) is 5.91 Å². The Hall–Kier alpha value is -3.95. The number of rotatable bonds is 10. The van der Waals surface area contributed by atoms with Crippen molar-refractivity contribution >= 4 is 11.8 Å². The van der Waals surface area contributed by atoms with E-state index in [0.29, 0.717) is 54.0 Å². The molecule has 1 aromatic heterocycles. The van der Waals surface area contributed by atoms with Gasteiger partial charge in [-0.3, -0.25) is 9.59 Å². The maximum Gasteiger partial charge on any atom is 0.251 e. The van der Waals surface area contributed by atoms with Crippen LogP contribution >= 0.6 is 0 Å². The summed E-state index contributed by atoms with van der Waals surface area (Å²) in [5, 5.41) is 18.7. The molecule has 3 aliphatic carbocycles. The standard InChI is InChI=1S/C36H45N5O4/c1-21-30-16-28(36(30,4)5)17-31(21)40-35(44)33-32(22(2)42)23(3)45-41(33)19-24-8-6-9-25(14-24)26-10-7-11-27(15-26)34(43)38-13-12-29-18-37-20-39-29/h6-11,14-15,18,20-22,28,30-33,42H,3,12-13,16-17,19H2,1-2,4-5H3,(H,37,39)(H,38,43)(H,40,44)/t21-,22-,28+,30-,31-,32+,33-/m0/s1. The molecule has 3 saturated carbocycles. The molecule has 2 amide bonds. The van der Waals surface area contributed by atoms with E-state index in [-0.39, 0.29) is 17.9 Å². The summed E-state index contributed by atoms with van der Waals surface area (Å²) in [4.78, 5) is 39.9. The zero-order chi connectivity index (χ0) is 31.9. The summed E-state index contributed by atoms with van der Waals surface area (Å²) < 4.78 is 0. The highest BCUT2D eigenvalue weighted by Gasteiger charge is 2.57. The van der Waals surface area contributed by atoms with Crippen molar-refractivity contribution in [1.82, 2.24) is 25.7 Å². The largest absolute Gasteiger partial charge is 0.409 e. The lowest BCUT2D eigenvalue weighted by Crippen LogP contribution is -2.62. The Morgan fingerprint density at radius 2 is 1.93 bits per heavy atom. The maximum atomic E-state index is 13.9. The molecule has 2 bridgehead atoms. The average Bonchev–Trinajstić information content (AvgIpc) is 3.65. The quantitative estimate of drug-likeness (QED) is 0.260. The molecule has 0 unspecified atom stereocenters. The van der Waals surface area contributed by atoms with Crippen molar-refractivity contribution in [1.29, 1.82) is 0 Å². The van der Waals surface area contributed by atoms with Crippen molar-refractivity contribution in [3.8, 4) is 11.1 Å². The predicted molar refractivity (Wildman–Crippen MR) is 172 cm³/mol. The topological polar surface area (TPSA) is 120 Å². The van der Waals surface area contributed by atoms with Crippen LogP contribution in [0.15, 0.2) is 73.4 Å². The van der Waals surface area contributed by atoms with Gasteiger partial charge in [-0.15, -0.1) is 5.06 Å². The molecule has 7 rings (SSSR count). The summed E-state index contributed by atoms with van der Waals surface area (Å²) in [5.74, 6) is 1.21. The molecule has 9 nitrogen and oxygen atoms in total. The number of hydrogen-bond acceptors (Lipinski definition) is 6. The van der Waals surface area contributed by atoms with E-state index < -0.39 is 18.1 Å². The highest BCUT2D eigenvalue weighted by Crippen LogP contribution is 2.61. The molecule has 4 N–H and O–H groups in total. The molecule has 3 aromatic rings. The lowest BCUT2D eigenvalue weighted by Gasteiger charge is -2.62. The van der Waals surface area contributed by atoms with Crippen molar-refractivity contribution < 1.29 is 19.5 Å². The number of aromatic nitrogens is 2. The van der Waals surface area contributed by atoms with E-state index in [1.54, 1.807) is 30.6 Å². The van der Waals surface area contributed by atoms with Crippen LogP contribution in [0.4, 0.5) is 0 Å². The van der Waals surface area contributed by atoms with Gasteiger partial charge >= 0.3 is 0 Å². The Kier molecular flexibility index (Phi) is 8.59. The summed E-state index contributed by atoms with van der Waals surface area (Å²) in [6.45, 7) is 13.5. The van der Waals surface area contributed by atoms with Crippen LogP contribution in [0.25, 0.3) is 11.1 Å². The predicted octanol–water partition coefficient (Wildman–Crippen LogP) is 4.86. The second kappa shape index (κ2) is 12.4. The number of hydrogen-bond donors (Lipinski definition) is 4. The van der Waals surface area contributed by atoms with Gasteiger partial charge < -0.3 is 25.6 Å². The van der Waals surface area contributed by atoms with Crippen LogP contribution in [0.5, 0.6) is 0 Å². The number of aliphatic hydroxyl groups excluding tert-OH is 1. The first-order valence-electron chi connectivity index (χ1n) is 16.1. The van der Waals surface area contributed by atoms with E-state index in [0.717, 1.165) is 28.8 Å². The molecule has 0 spiro atoms. The molecule has 1 saturated heterocycles. The molecule has 45 heavy (non-hydrogen) atoms. The summed E-state index contributed by atoms with van der Waals surface area (Å²) in [6, 6.07) is 15.0. The van der Waals surface area contributed by atoms with Crippen LogP contribution in [0.3, 0.4) is 0 Å². The second-order valence-electron chi connectivity index (χ2n) is 13.8. The fourth-order valence-corrected chi connectivity index (χ4v) is 7.89. The number of nitrogens with zero attached hydrogens (tertiary/aromatic N) is 2. The van der Waals surface area contributed by atoms with Crippen molar-refractivity contribution in [3.05, 3.63) is 90.2 Å². The normalized spacial score (nSPS) is 27.7. The summed E-state index contributed by atoms with van der Waals surface area (Å²) >= 11 is 0. The van der Waals surface area contributed by atoms with Gasteiger partial charge in [0, 0.05) is 36.5 Å². The number of carbonyl (C=O) groups is 2. The number of imidazole rings is 1. The first kappa shape index (κ1) is 31.0. The molecule has 4 aliphatic rings. The number of carbonyl (C=O) groups excluding carboxylic acids is 2. The molecule has 1 aliphatic heterocycles. The number of amides is 2. The van der Waals surface area contributed by atoms with Crippen LogP contribution in [0.1, 0.15) is 62.2 Å². The Morgan fingerprint density at radius 3 is 2.62 bits per heavy atom. The van der Waals surface area contributed by atoms with Gasteiger partial charge in [-0.2, -0.15) is 0 Å². The van der Waals surface area contributed by atoms with E-state index in [4.69, 9.17) is 4.84 Å². The van der Waals surface area contributed by atoms with E-state index in [1.165, 1.54) is 6.42 Å². The molecule has 2 heterocycles. The van der Waals surface area contributed by atoms with E-state index in [9.17, 15) is 14.7 Å². The van der Waals surface area contributed by atoms with E-state index in [2.05, 4.69) is 48.0 Å². The summed E-state index contributed by atoms with van der Waals surface area (Å²) in [6.07, 6.45) is 5.47. The number of aliphatic hydroxyl groups is 1. The Balaban J connectivity index is 1.15. The van der Waals surface area contributed by atoms with Gasteiger partial charge in [0.15, 0.2) is 0 Å². The lowest BCUT2D eigenvalue weighted by molar-refractivity contribution is -0.154. The molecule has 2 aromatic carbocycles. The van der Waals surface area contributed by atoms with Crippen LogP contribution in [-0.2, 0) is 22.6 Å². The zero-order valence-corrected chi connectivity index (χ0v) is 26.6. The van der Waals surface area contributed by atoms with Crippen LogP contribution in [0.2, 0.25) is 0 Å². The highest BCUT2D eigenvalue weighted by atomic mass is 16.7. The van der Waals surface area contributed by atoms with Gasteiger partial charge in [0.05, 0.1) is 24.9 Å². The van der Waals surface area contributed by atoms with Gasteiger partial charge in [0.1, 0.15) is 11.8 Å². The third-order valence-corrected chi connectivity index (χ3v) is 10.7. The minimum Gasteiger partial charge on any atom is -0.409 e. The highest BCUT2D eigenvalue weighted by molar-refractivity contribution is 5.95. The lowest BCUT2D eigenvalue weighted by atomic mass is 9.45. The molecular weight excluding hydrogens is 566 g/mol. The number of hydroxylamine groups is 2. The van der Waals surface area contributed by atoms with Crippen molar-refractivity contribution in [2.75, 3.05) is 6.54 Å². The summed E-state index contributed by atoms with van der Waals surface area (Å²) in [7, 11) is 0.